The minimum atomic E-state index is -0.741. The molecule has 0 unspecified atom stereocenters. The summed E-state index contributed by atoms with van der Waals surface area (Å²) in [5.74, 6) is 0.297. The van der Waals surface area contributed by atoms with Gasteiger partial charge in [-0.25, -0.2) is 10.2 Å². The number of tetrazole rings is 1. The lowest BCUT2D eigenvalue weighted by Crippen LogP contribution is -2.24. The Bertz CT molecular complexity index is 302. The van der Waals surface area contributed by atoms with E-state index in [0.29, 0.717) is 5.82 Å². The Hall–Kier alpha value is -1.99. The summed E-state index contributed by atoms with van der Waals surface area (Å²) in [4.78, 5) is 11.4. The molecule has 1 aromatic heterocycles. The van der Waals surface area contributed by atoms with Crippen molar-refractivity contribution in [1.29, 1.82) is 0 Å². The van der Waals surface area contributed by atoms with Crippen LogP contribution in [0.2, 0.25) is 0 Å². The van der Waals surface area contributed by atoms with E-state index in [-0.39, 0.29) is 0 Å². The van der Waals surface area contributed by atoms with Crippen LogP contribution in [0.25, 0.3) is 0 Å². The van der Waals surface area contributed by atoms with Crippen LogP contribution in [0.5, 0.6) is 0 Å². The molecule has 1 heterocycles. The molecule has 12 heavy (non-hydrogen) atoms. The summed E-state index contributed by atoms with van der Waals surface area (Å²) < 4.78 is 0. The molecule has 0 radical (unpaired) electrons. The van der Waals surface area contributed by atoms with Gasteiger partial charge in [0.15, 0.2) is 0 Å². The van der Waals surface area contributed by atoms with Crippen LogP contribution in [0.15, 0.2) is 5.10 Å². The maximum atomic E-state index is 10.1. The first-order chi connectivity index (χ1) is 5.68. The zero-order chi connectivity index (χ0) is 8.97. The number of urea groups is 1. The van der Waals surface area contributed by atoms with Gasteiger partial charge in [-0.15, -0.1) is 10.2 Å². The summed E-state index contributed by atoms with van der Waals surface area (Å²) in [5, 5.41) is 14.3. The van der Waals surface area contributed by atoms with Crippen molar-refractivity contribution in [2.24, 2.45) is 17.9 Å². The number of aromatic nitrogens is 4. The monoisotopic (exact) mass is 169 g/mol. The smallest absolute Gasteiger partial charge is 0.332 e. The van der Waals surface area contributed by atoms with Crippen molar-refractivity contribution in [3.05, 3.63) is 5.82 Å². The number of nitrogens with zero attached hydrogens (tertiary/aromatic N) is 5. The van der Waals surface area contributed by atoms with Crippen LogP contribution in [-0.2, 0) is 7.05 Å². The zero-order valence-electron chi connectivity index (χ0n) is 6.30. The highest BCUT2D eigenvalue weighted by atomic mass is 16.2. The number of aryl methyl sites for hydroxylation is 1. The van der Waals surface area contributed by atoms with E-state index < -0.39 is 6.03 Å². The molecule has 1 aromatic rings. The number of nitrogens with one attached hydrogen (secondary N) is 1. The minimum Gasteiger partial charge on any atom is -0.350 e. The van der Waals surface area contributed by atoms with Crippen molar-refractivity contribution in [2.45, 2.75) is 0 Å². The predicted molar refractivity (Wildman–Crippen MR) is 39.1 cm³/mol. The lowest BCUT2D eigenvalue weighted by molar-refractivity contribution is 0.249. The molecule has 0 aliphatic carbocycles. The quantitative estimate of drug-likeness (QED) is 0.402. The van der Waals surface area contributed by atoms with Crippen LogP contribution in [0.1, 0.15) is 5.82 Å². The van der Waals surface area contributed by atoms with Gasteiger partial charge in [-0.05, 0) is 5.21 Å². The fourth-order valence-corrected chi connectivity index (χ4v) is 0.504. The van der Waals surface area contributed by atoms with Crippen molar-refractivity contribution in [2.75, 3.05) is 0 Å². The Balaban J connectivity index is 2.52. The van der Waals surface area contributed by atoms with Crippen molar-refractivity contribution in [3.63, 3.8) is 0 Å². The molecule has 0 bridgehead atoms. The molecule has 0 aliphatic rings. The van der Waals surface area contributed by atoms with Gasteiger partial charge in [-0.1, -0.05) is 0 Å². The number of rotatable bonds is 2. The molecule has 8 nitrogen and oxygen atoms in total. The Morgan fingerprint density at radius 1 is 1.83 bits per heavy atom. The number of primary amides is 1. The van der Waals surface area contributed by atoms with Gasteiger partial charge in [0.2, 0.25) is 5.82 Å². The number of nitrogens with two attached hydrogens (primary N) is 1. The average Bonchev–Trinajstić information content (AvgIpc) is 2.35. The van der Waals surface area contributed by atoms with Crippen LogP contribution in [0.3, 0.4) is 0 Å². The van der Waals surface area contributed by atoms with Gasteiger partial charge in [0.05, 0.1) is 13.3 Å². The molecule has 2 amide bonds. The first-order valence-corrected chi connectivity index (χ1v) is 3.01. The Morgan fingerprint density at radius 3 is 3.08 bits per heavy atom. The van der Waals surface area contributed by atoms with Gasteiger partial charge in [0.1, 0.15) is 0 Å². The van der Waals surface area contributed by atoms with E-state index in [1.54, 1.807) is 7.05 Å². The minimum absolute atomic E-state index is 0.297. The van der Waals surface area contributed by atoms with Crippen molar-refractivity contribution < 1.29 is 4.79 Å². The van der Waals surface area contributed by atoms with Gasteiger partial charge in [0, 0.05) is 0 Å². The number of hydrogen-bond donors (Lipinski definition) is 2. The summed E-state index contributed by atoms with van der Waals surface area (Å²) in [6.45, 7) is 0. The molecule has 0 fully saturated rings. The first kappa shape index (κ1) is 8.11. The van der Waals surface area contributed by atoms with Crippen LogP contribution in [-0.4, -0.2) is 32.5 Å². The third kappa shape index (κ3) is 2.33. The van der Waals surface area contributed by atoms with E-state index in [1.807, 2.05) is 5.43 Å². The Labute approximate surface area is 67.4 Å². The molecule has 0 aliphatic heterocycles. The summed E-state index contributed by atoms with van der Waals surface area (Å²) in [7, 11) is 1.62. The van der Waals surface area contributed by atoms with Crippen LogP contribution in [0.4, 0.5) is 4.79 Å². The largest absolute Gasteiger partial charge is 0.350 e. The Morgan fingerprint density at radius 2 is 2.58 bits per heavy atom. The average molecular weight is 169 g/mol. The van der Waals surface area contributed by atoms with E-state index in [2.05, 4.69) is 20.5 Å². The zero-order valence-corrected chi connectivity index (χ0v) is 6.30. The van der Waals surface area contributed by atoms with Crippen molar-refractivity contribution in [1.82, 2.24) is 25.6 Å². The summed E-state index contributed by atoms with van der Waals surface area (Å²) >= 11 is 0. The second-order valence-electron chi connectivity index (χ2n) is 1.87. The summed E-state index contributed by atoms with van der Waals surface area (Å²) in [6.07, 6.45) is 1.23. The van der Waals surface area contributed by atoms with Gasteiger partial charge in [0.25, 0.3) is 0 Å². The highest BCUT2D eigenvalue weighted by molar-refractivity contribution is 5.77. The third-order valence-electron chi connectivity index (χ3n) is 0.879. The second kappa shape index (κ2) is 3.42. The normalized spacial score (nSPS) is 10.4. The number of carbonyl (C=O) groups excluding carboxylic acids is 1. The van der Waals surface area contributed by atoms with E-state index >= 15 is 0 Å². The molecule has 64 valence electrons. The third-order valence-corrected chi connectivity index (χ3v) is 0.879. The molecule has 0 spiro atoms. The fourth-order valence-electron chi connectivity index (χ4n) is 0.504. The van der Waals surface area contributed by atoms with Crippen molar-refractivity contribution in [3.8, 4) is 0 Å². The molecular formula is C4H7N7O. The standard InChI is InChI=1S/C4H7N7O/c1-11-9-3(7-10-11)2-6-8-4(5)12/h2H,1H3,(H3,5,8,12). The highest BCUT2D eigenvalue weighted by Crippen LogP contribution is 1.76. The molecule has 0 aromatic carbocycles. The highest BCUT2D eigenvalue weighted by Gasteiger charge is 1.93. The number of amides is 2. The molecular weight excluding hydrogens is 162 g/mol. The van der Waals surface area contributed by atoms with Crippen molar-refractivity contribution >= 4 is 12.2 Å². The topological polar surface area (TPSA) is 111 Å². The lowest BCUT2D eigenvalue weighted by Gasteiger charge is -1.86. The molecule has 8 heteroatoms. The van der Waals surface area contributed by atoms with Crippen LogP contribution < -0.4 is 11.2 Å². The molecule has 0 saturated heterocycles. The predicted octanol–water partition coefficient (Wildman–Crippen LogP) is -1.79. The van der Waals surface area contributed by atoms with E-state index in [1.165, 1.54) is 11.0 Å². The summed E-state index contributed by atoms with van der Waals surface area (Å²) in [6, 6.07) is -0.741. The number of hydrazone groups is 1. The van der Waals surface area contributed by atoms with E-state index in [9.17, 15) is 4.79 Å². The lowest BCUT2D eigenvalue weighted by atomic mass is 10.7. The van der Waals surface area contributed by atoms with Gasteiger partial charge in [-0.2, -0.15) is 9.90 Å². The molecule has 1 rings (SSSR count). The second-order valence-corrected chi connectivity index (χ2v) is 1.87. The first-order valence-electron chi connectivity index (χ1n) is 3.01. The number of carbonyl (C=O) groups is 1. The van der Waals surface area contributed by atoms with Crippen LogP contribution in [0, 0.1) is 0 Å². The van der Waals surface area contributed by atoms with E-state index in [4.69, 9.17) is 5.73 Å². The maximum Gasteiger partial charge on any atom is 0.332 e. The summed E-state index contributed by atoms with van der Waals surface area (Å²) in [5.41, 5.74) is 6.73. The fraction of sp³-hybridized carbons (Fsp3) is 0.250. The maximum absolute atomic E-state index is 10.1. The number of hydrogen-bond acceptors (Lipinski definition) is 5. The van der Waals surface area contributed by atoms with E-state index in [0.717, 1.165) is 0 Å². The SMILES string of the molecule is Cn1nnc(C=NNC(N)=O)n1. The van der Waals surface area contributed by atoms with Gasteiger partial charge < -0.3 is 5.73 Å². The van der Waals surface area contributed by atoms with Crippen LogP contribution >= 0.6 is 0 Å². The molecule has 3 N–H and O–H groups in total. The Kier molecular flexibility index (Phi) is 2.31. The van der Waals surface area contributed by atoms with Gasteiger partial charge >= 0.3 is 6.03 Å². The molecule has 0 atom stereocenters. The molecule has 0 saturated carbocycles. The van der Waals surface area contributed by atoms with Gasteiger partial charge in [-0.3, -0.25) is 0 Å².